The molecule has 0 heterocycles. The maximum Gasteiger partial charge on any atom is 0.242 e. The van der Waals surface area contributed by atoms with Gasteiger partial charge in [-0.1, -0.05) is 47.0 Å². The van der Waals surface area contributed by atoms with Crippen molar-refractivity contribution in [1.29, 1.82) is 0 Å². The van der Waals surface area contributed by atoms with Crippen molar-refractivity contribution in [3.05, 3.63) is 63.6 Å². The molecule has 34 heavy (non-hydrogen) atoms. The van der Waals surface area contributed by atoms with E-state index in [0.717, 1.165) is 11.8 Å². The number of hydrogen-bond donors (Lipinski definition) is 1. The van der Waals surface area contributed by atoms with Crippen LogP contribution in [-0.2, 0) is 26.2 Å². The third-order valence-electron chi connectivity index (χ3n) is 5.38. The van der Waals surface area contributed by atoms with Crippen LogP contribution in [0.4, 0.5) is 5.69 Å². The van der Waals surface area contributed by atoms with Gasteiger partial charge in [0.05, 0.1) is 11.9 Å². The summed E-state index contributed by atoms with van der Waals surface area (Å²) in [7, 11) is -3.54. The van der Waals surface area contributed by atoms with E-state index in [1.165, 1.54) is 9.21 Å². The molecule has 2 aromatic rings. The number of aryl methyl sites for hydroxylation is 1. The molecule has 0 aliphatic rings. The average molecular weight is 529 g/mol. The summed E-state index contributed by atoms with van der Waals surface area (Å²) in [6.45, 7) is 5.98. The second kappa shape index (κ2) is 12.4. The van der Waals surface area contributed by atoms with Crippen molar-refractivity contribution < 1.29 is 18.0 Å². The molecule has 2 amide bonds. The molecule has 2 rings (SSSR count). The van der Waals surface area contributed by atoms with Crippen molar-refractivity contribution in [3.63, 3.8) is 0 Å². The Labute approximate surface area is 212 Å². The normalized spacial score (nSPS) is 12.2. The number of nitrogens with one attached hydrogen (secondary N) is 1. The second-order valence-electron chi connectivity index (χ2n) is 8.07. The van der Waals surface area contributed by atoms with Crippen LogP contribution in [-0.4, -0.2) is 50.5 Å². The lowest BCUT2D eigenvalue weighted by molar-refractivity contribution is -0.140. The number of halogens is 2. The Morgan fingerprint density at radius 2 is 1.65 bits per heavy atom. The topological polar surface area (TPSA) is 86.8 Å². The number of nitrogens with zero attached hydrogens (tertiary/aromatic N) is 2. The predicted octanol–water partition coefficient (Wildman–Crippen LogP) is 4.40. The minimum Gasteiger partial charge on any atom is -0.355 e. The molecule has 0 aliphatic carbocycles. The van der Waals surface area contributed by atoms with Gasteiger partial charge >= 0.3 is 0 Å². The highest BCUT2D eigenvalue weighted by atomic mass is 35.5. The summed E-state index contributed by atoms with van der Waals surface area (Å²) in [6.07, 6.45) is 1.45. The fourth-order valence-corrected chi connectivity index (χ4v) is 4.96. The van der Waals surface area contributed by atoms with E-state index >= 15 is 0 Å². The van der Waals surface area contributed by atoms with Crippen molar-refractivity contribution in [1.82, 2.24) is 10.2 Å². The zero-order chi connectivity index (χ0) is 25.5. The van der Waals surface area contributed by atoms with Gasteiger partial charge < -0.3 is 10.2 Å². The zero-order valence-corrected chi connectivity index (χ0v) is 22.2. The number of sulfonamides is 1. The number of amides is 2. The Kier molecular flexibility index (Phi) is 10.2. The number of rotatable bonds is 11. The summed E-state index contributed by atoms with van der Waals surface area (Å²) >= 11 is 12.6. The lowest BCUT2D eigenvalue weighted by atomic mass is 10.1. The molecule has 0 radical (unpaired) electrons. The number of hydrogen-bond acceptors (Lipinski definition) is 4. The van der Waals surface area contributed by atoms with Gasteiger partial charge in [0.1, 0.15) is 6.04 Å². The van der Waals surface area contributed by atoms with E-state index in [9.17, 15) is 18.0 Å². The molecule has 7 nitrogen and oxygen atoms in total. The fraction of sp³-hybridized carbons (Fsp3) is 0.417. The Morgan fingerprint density at radius 3 is 2.18 bits per heavy atom. The van der Waals surface area contributed by atoms with Crippen LogP contribution in [0.2, 0.25) is 10.0 Å². The number of likely N-dealkylation sites (N-methyl/N-ethyl adjacent to an activating group) is 1. The molecular weight excluding hydrogens is 497 g/mol. The summed E-state index contributed by atoms with van der Waals surface area (Å²) in [5.41, 5.74) is 2.10. The van der Waals surface area contributed by atoms with E-state index in [1.807, 2.05) is 19.1 Å². The Balaban J connectivity index is 2.20. The maximum absolute atomic E-state index is 13.2. The van der Waals surface area contributed by atoms with Crippen LogP contribution < -0.4 is 9.62 Å². The number of anilines is 1. The summed E-state index contributed by atoms with van der Waals surface area (Å²) < 4.78 is 26.0. The van der Waals surface area contributed by atoms with E-state index in [1.54, 1.807) is 44.2 Å². The highest BCUT2D eigenvalue weighted by Gasteiger charge is 2.27. The Bertz CT molecular complexity index is 1090. The average Bonchev–Trinajstić information content (AvgIpc) is 2.76. The van der Waals surface area contributed by atoms with Gasteiger partial charge in [0.2, 0.25) is 21.8 Å². The van der Waals surface area contributed by atoms with Crippen molar-refractivity contribution in [2.24, 2.45) is 0 Å². The molecule has 0 fully saturated rings. The lowest BCUT2D eigenvalue weighted by Gasteiger charge is -2.30. The van der Waals surface area contributed by atoms with Crippen LogP contribution in [0.1, 0.15) is 37.8 Å². The van der Waals surface area contributed by atoms with Crippen LogP contribution >= 0.6 is 23.2 Å². The lowest BCUT2D eigenvalue weighted by Crippen LogP contribution is -2.47. The molecule has 0 aliphatic heterocycles. The van der Waals surface area contributed by atoms with Crippen molar-refractivity contribution >= 4 is 50.7 Å². The van der Waals surface area contributed by atoms with Crippen LogP contribution in [0, 0.1) is 6.92 Å². The van der Waals surface area contributed by atoms with E-state index in [0.29, 0.717) is 27.8 Å². The maximum atomic E-state index is 13.2. The highest BCUT2D eigenvalue weighted by Crippen LogP contribution is 2.27. The first-order chi connectivity index (χ1) is 16.0. The summed E-state index contributed by atoms with van der Waals surface area (Å²) in [5.74, 6) is -0.594. The SMILES string of the molecule is CCNC(=O)[C@@H](C)N(Cc1c(Cl)cccc1Cl)C(=O)CCCN(c1ccc(C)cc1)S(C)(=O)=O. The number of carbonyl (C=O) groups is 2. The van der Waals surface area contributed by atoms with Crippen LogP contribution in [0.25, 0.3) is 0 Å². The molecule has 2 aromatic carbocycles. The highest BCUT2D eigenvalue weighted by molar-refractivity contribution is 7.92. The molecular formula is C24H31Cl2N3O4S. The van der Waals surface area contributed by atoms with Gasteiger partial charge in [-0.15, -0.1) is 0 Å². The molecule has 0 bridgehead atoms. The Morgan fingerprint density at radius 1 is 1.06 bits per heavy atom. The van der Waals surface area contributed by atoms with Crippen molar-refractivity contribution in [3.8, 4) is 0 Å². The van der Waals surface area contributed by atoms with Gasteiger partial charge in [-0.2, -0.15) is 0 Å². The molecule has 186 valence electrons. The molecule has 1 N–H and O–H groups in total. The first-order valence-corrected chi connectivity index (χ1v) is 13.6. The summed E-state index contributed by atoms with van der Waals surface area (Å²) in [6, 6.07) is 11.4. The van der Waals surface area contributed by atoms with E-state index in [-0.39, 0.29) is 37.7 Å². The van der Waals surface area contributed by atoms with Gasteiger partial charge in [-0.25, -0.2) is 8.42 Å². The second-order valence-corrected chi connectivity index (χ2v) is 10.8. The fourth-order valence-electron chi connectivity index (χ4n) is 3.47. The third kappa shape index (κ3) is 7.61. The number of benzene rings is 2. The van der Waals surface area contributed by atoms with E-state index in [2.05, 4.69) is 5.32 Å². The quantitative estimate of drug-likeness (QED) is 0.469. The first-order valence-electron chi connectivity index (χ1n) is 11.0. The first kappa shape index (κ1) is 28.0. The van der Waals surface area contributed by atoms with Crippen molar-refractivity contribution in [2.75, 3.05) is 23.7 Å². The molecule has 0 saturated carbocycles. The van der Waals surface area contributed by atoms with Gasteiger partial charge in [-0.05, 0) is 51.5 Å². The molecule has 0 aromatic heterocycles. The summed E-state index contributed by atoms with van der Waals surface area (Å²) in [4.78, 5) is 27.2. The molecule has 0 saturated heterocycles. The van der Waals surface area contributed by atoms with E-state index < -0.39 is 16.1 Å². The Hall–Kier alpha value is -2.29. The third-order valence-corrected chi connectivity index (χ3v) is 7.28. The van der Waals surface area contributed by atoms with Crippen LogP contribution in [0.3, 0.4) is 0 Å². The van der Waals surface area contributed by atoms with Crippen LogP contribution in [0.5, 0.6) is 0 Å². The number of carbonyl (C=O) groups excluding carboxylic acids is 2. The summed E-state index contributed by atoms with van der Waals surface area (Å²) in [5, 5.41) is 3.53. The predicted molar refractivity (Wildman–Crippen MR) is 138 cm³/mol. The molecule has 1 atom stereocenters. The van der Waals surface area contributed by atoms with Gasteiger partial charge in [0, 0.05) is 41.7 Å². The van der Waals surface area contributed by atoms with Crippen molar-refractivity contribution in [2.45, 2.75) is 46.2 Å². The largest absolute Gasteiger partial charge is 0.355 e. The monoisotopic (exact) mass is 527 g/mol. The van der Waals surface area contributed by atoms with Gasteiger partial charge in [0.25, 0.3) is 0 Å². The molecule has 10 heteroatoms. The smallest absolute Gasteiger partial charge is 0.242 e. The molecule has 0 unspecified atom stereocenters. The minimum atomic E-state index is -3.54. The minimum absolute atomic E-state index is 0.0453. The van der Waals surface area contributed by atoms with Gasteiger partial charge in [0.15, 0.2) is 0 Å². The van der Waals surface area contributed by atoms with Crippen LogP contribution in [0.15, 0.2) is 42.5 Å². The van der Waals surface area contributed by atoms with E-state index in [4.69, 9.17) is 23.2 Å². The van der Waals surface area contributed by atoms with Gasteiger partial charge in [-0.3, -0.25) is 13.9 Å². The molecule has 0 spiro atoms. The standard InChI is InChI=1S/C24H31Cl2N3O4S/c1-5-27-24(31)18(3)28(16-20-21(25)8-6-9-22(20)26)23(30)10-7-15-29(34(4,32)33)19-13-11-17(2)12-14-19/h6,8-9,11-14,18H,5,7,10,15-16H2,1-4H3,(H,27,31)/t18-/m1/s1. The zero-order valence-electron chi connectivity index (χ0n) is 19.8.